The average Bonchev–Trinajstić information content (AvgIpc) is 3.18. The molecule has 160 valence electrons. The van der Waals surface area contributed by atoms with Crippen LogP contribution in [0, 0.1) is 5.92 Å². The molecule has 1 aromatic rings. The monoisotopic (exact) mass is 432 g/mol. The average molecular weight is 433 g/mol. The van der Waals surface area contributed by atoms with Gasteiger partial charge in [0.25, 0.3) is 0 Å². The lowest BCUT2D eigenvalue weighted by atomic mass is 10.1. The number of amides is 1. The standard InChI is InChI=1S/C19H32N4O3S.ClH/c1-4-7-11-21-17-9-8-16(27(25,26)23(5-2)6-3)13-18(17)22-19(24)15-10-12-20-14-15;/h8-9,13,15,20-21H,4-7,10-12,14H2,1-3H3,(H,22,24);1H. The van der Waals surface area contributed by atoms with E-state index in [1.807, 2.05) is 13.8 Å². The van der Waals surface area contributed by atoms with Gasteiger partial charge in [-0.2, -0.15) is 4.31 Å². The van der Waals surface area contributed by atoms with E-state index in [0.717, 1.165) is 38.0 Å². The third kappa shape index (κ3) is 6.07. The van der Waals surface area contributed by atoms with E-state index in [1.165, 1.54) is 4.31 Å². The fourth-order valence-electron chi connectivity index (χ4n) is 3.17. The van der Waals surface area contributed by atoms with Gasteiger partial charge in [-0.1, -0.05) is 27.2 Å². The smallest absolute Gasteiger partial charge is 0.243 e. The van der Waals surface area contributed by atoms with Crippen molar-refractivity contribution in [2.24, 2.45) is 5.92 Å². The predicted molar refractivity (Wildman–Crippen MR) is 117 cm³/mol. The molecule has 28 heavy (non-hydrogen) atoms. The van der Waals surface area contributed by atoms with Crippen molar-refractivity contribution in [1.82, 2.24) is 9.62 Å². The minimum absolute atomic E-state index is 0. The summed E-state index contributed by atoms with van der Waals surface area (Å²) in [5, 5.41) is 9.43. The first-order chi connectivity index (χ1) is 12.9. The number of carbonyl (C=O) groups is 1. The van der Waals surface area contributed by atoms with Crippen molar-refractivity contribution >= 4 is 39.7 Å². The van der Waals surface area contributed by atoms with Gasteiger partial charge in [0.15, 0.2) is 0 Å². The van der Waals surface area contributed by atoms with Crippen molar-refractivity contribution in [3.05, 3.63) is 18.2 Å². The van der Waals surface area contributed by atoms with Crippen LogP contribution in [-0.2, 0) is 14.8 Å². The lowest BCUT2D eigenvalue weighted by Gasteiger charge is -2.21. The van der Waals surface area contributed by atoms with Crippen LogP contribution in [0.3, 0.4) is 0 Å². The highest BCUT2D eigenvalue weighted by Crippen LogP contribution is 2.28. The fraction of sp³-hybridized carbons (Fsp3) is 0.632. The Labute approximate surface area is 175 Å². The zero-order chi connectivity index (χ0) is 19.9. The van der Waals surface area contributed by atoms with Crippen LogP contribution in [0.4, 0.5) is 11.4 Å². The minimum Gasteiger partial charge on any atom is -0.383 e. The lowest BCUT2D eigenvalue weighted by Crippen LogP contribution is -2.31. The van der Waals surface area contributed by atoms with E-state index < -0.39 is 10.0 Å². The molecule has 0 aliphatic carbocycles. The number of rotatable bonds is 10. The van der Waals surface area contributed by atoms with E-state index in [-0.39, 0.29) is 29.1 Å². The summed E-state index contributed by atoms with van der Waals surface area (Å²) < 4.78 is 27.1. The molecule has 1 unspecified atom stereocenters. The molecule has 1 saturated heterocycles. The van der Waals surface area contributed by atoms with Crippen LogP contribution < -0.4 is 16.0 Å². The summed E-state index contributed by atoms with van der Waals surface area (Å²) in [6.45, 7) is 8.81. The molecular formula is C19H33ClN4O3S. The van der Waals surface area contributed by atoms with E-state index in [2.05, 4.69) is 22.9 Å². The van der Waals surface area contributed by atoms with E-state index in [1.54, 1.807) is 18.2 Å². The van der Waals surface area contributed by atoms with E-state index in [4.69, 9.17) is 0 Å². The molecule has 9 heteroatoms. The Balaban J connectivity index is 0.00000392. The van der Waals surface area contributed by atoms with Crippen molar-refractivity contribution in [3.63, 3.8) is 0 Å². The van der Waals surface area contributed by atoms with E-state index in [0.29, 0.717) is 25.3 Å². The Morgan fingerprint density at radius 2 is 1.93 bits per heavy atom. The number of anilines is 2. The molecule has 7 nitrogen and oxygen atoms in total. The highest BCUT2D eigenvalue weighted by molar-refractivity contribution is 7.89. The number of benzene rings is 1. The largest absolute Gasteiger partial charge is 0.383 e. The molecule has 1 heterocycles. The summed E-state index contributed by atoms with van der Waals surface area (Å²) in [6.07, 6.45) is 2.85. The Kier molecular flexibility index (Phi) is 10.2. The van der Waals surface area contributed by atoms with Crippen LogP contribution in [0.5, 0.6) is 0 Å². The van der Waals surface area contributed by atoms with Crippen molar-refractivity contribution < 1.29 is 13.2 Å². The molecule has 0 spiro atoms. The van der Waals surface area contributed by atoms with Crippen molar-refractivity contribution in [3.8, 4) is 0 Å². The van der Waals surface area contributed by atoms with Crippen molar-refractivity contribution in [2.75, 3.05) is 43.4 Å². The number of hydrogen-bond donors (Lipinski definition) is 3. The summed E-state index contributed by atoms with van der Waals surface area (Å²) in [5.74, 6) is -0.160. The predicted octanol–water partition coefficient (Wildman–Crippen LogP) is 2.90. The molecule has 2 rings (SSSR count). The normalized spacial score (nSPS) is 16.6. The van der Waals surface area contributed by atoms with Gasteiger partial charge in [-0.15, -0.1) is 12.4 Å². The Morgan fingerprint density at radius 3 is 2.50 bits per heavy atom. The topological polar surface area (TPSA) is 90.5 Å². The maximum atomic E-state index is 12.8. The first-order valence-corrected chi connectivity index (χ1v) is 11.3. The molecule has 0 aromatic heterocycles. The van der Waals surface area contributed by atoms with Crippen LogP contribution in [0.25, 0.3) is 0 Å². The summed E-state index contributed by atoms with van der Waals surface area (Å²) in [5.41, 5.74) is 1.28. The van der Waals surface area contributed by atoms with Crippen LogP contribution in [0.15, 0.2) is 23.1 Å². The third-order valence-corrected chi connectivity index (χ3v) is 6.91. The summed E-state index contributed by atoms with van der Waals surface area (Å²) in [6, 6.07) is 4.92. The Bertz CT molecular complexity index is 733. The lowest BCUT2D eigenvalue weighted by molar-refractivity contribution is -0.119. The van der Waals surface area contributed by atoms with Gasteiger partial charge in [0, 0.05) is 26.2 Å². The van der Waals surface area contributed by atoms with Crippen LogP contribution in [0.1, 0.15) is 40.0 Å². The van der Waals surface area contributed by atoms with Gasteiger partial charge in [-0.3, -0.25) is 4.79 Å². The number of nitrogens with one attached hydrogen (secondary N) is 3. The molecule has 1 aromatic carbocycles. The molecule has 1 fully saturated rings. The maximum Gasteiger partial charge on any atom is 0.243 e. The molecule has 0 saturated carbocycles. The molecular weight excluding hydrogens is 400 g/mol. The zero-order valence-electron chi connectivity index (χ0n) is 17.0. The van der Waals surface area contributed by atoms with Gasteiger partial charge in [0.05, 0.1) is 22.2 Å². The second-order valence-electron chi connectivity index (χ2n) is 6.76. The second-order valence-corrected chi connectivity index (χ2v) is 8.69. The molecule has 3 N–H and O–H groups in total. The quantitative estimate of drug-likeness (QED) is 0.494. The van der Waals surface area contributed by atoms with Crippen LogP contribution in [0.2, 0.25) is 0 Å². The Hall–Kier alpha value is -1.35. The number of nitrogens with zero attached hydrogens (tertiary/aromatic N) is 1. The third-order valence-electron chi connectivity index (χ3n) is 4.87. The summed E-state index contributed by atoms with van der Waals surface area (Å²) >= 11 is 0. The minimum atomic E-state index is -3.58. The highest BCUT2D eigenvalue weighted by atomic mass is 35.5. The molecule has 1 atom stereocenters. The summed E-state index contributed by atoms with van der Waals surface area (Å²) in [4.78, 5) is 12.8. The molecule has 0 bridgehead atoms. The van der Waals surface area contributed by atoms with Crippen LogP contribution in [-0.4, -0.2) is 51.4 Å². The Morgan fingerprint density at radius 1 is 1.21 bits per heavy atom. The number of halogens is 1. The molecule has 1 amide bonds. The number of unbranched alkanes of at least 4 members (excludes halogenated alkanes) is 1. The SMILES string of the molecule is CCCCNc1ccc(S(=O)(=O)N(CC)CC)cc1NC(=O)C1CCNC1.Cl. The molecule has 0 radical (unpaired) electrons. The van der Waals surface area contributed by atoms with Gasteiger partial charge in [0.1, 0.15) is 0 Å². The first-order valence-electron chi connectivity index (χ1n) is 9.83. The number of sulfonamides is 1. The van der Waals surface area contributed by atoms with E-state index in [9.17, 15) is 13.2 Å². The highest BCUT2D eigenvalue weighted by Gasteiger charge is 2.25. The van der Waals surface area contributed by atoms with Gasteiger partial charge in [0.2, 0.25) is 15.9 Å². The maximum absolute atomic E-state index is 12.8. The fourth-order valence-corrected chi connectivity index (χ4v) is 4.65. The molecule has 1 aliphatic heterocycles. The number of hydrogen-bond acceptors (Lipinski definition) is 5. The van der Waals surface area contributed by atoms with Crippen molar-refractivity contribution in [1.29, 1.82) is 0 Å². The van der Waals surface area contributed by atoms with Gasteiger partial charge < -0.3 is 16.0 Å². The van der Waals surface area contributed by atoms with Crippen LogP contribution >= 0.6 is 12.4 Å². The first kappa shape index (κ1) is 24.7. The summed E-state index contributed by atoms with van der Waals surface area (Å²) in [7, 11) is -3.58. The van der Waals surface area contributed by atoms with E-state index >= 15 is 0 Å². The van der Waals surface area contributed by atoms with Gasteiger partial charge in [-0.25, -0.2) is 8.42 Å². The second kappa shape index (κ2) is 11.6. The molecule has 1 aliphatic rings. The van der Waals surface area contributed by atoms with Gasteiger partial charge in [-0.05, 0) is 37.6 Å². The zero-order valence-corrected chi connectivity index (χ0v) is 18.6. The number of carbonyl (C=O) groups excluding carboxylic acids is 1. The van der Waals surface area contributed by atoms with Crippen molar-refractivity contribution in [2.45, 2.75) is 44.9 Å². The van der Waals surface area contributed by atoms with Gasteiger partial charge >= 0.3 is 0 Å².